The van der Waals surface area contributed by atoms with E-state index in [0.29, 0.717) is 17.5 Å². The zero-order valence-electron chi connectivity index (χ0n) is 16.1. The van der Waals surface area contributed by atoms with Crippen molar-refractivity contribution in [1.29, 1.82) is 0 Å². The molecule has 0 radical (unpaired) electrons. The van der Waals surface area contributed by atoms with Crippen LogP contribution in [-0.4, -0.2) is 39.6 Å². The fourth-order valence-corrected chi connectivity index (χ4v) is 4.43. The second kappa shape index (κ2) is 7.79. The maximum absolute atomic E-state index is 12.6. The number of imidazole rings is 1. The van der Waals surface area contributed by atoms with Gasteiger partial charge in [-0.25, -0.2) is 9.78 Å². The fraction of sp³-hybridized carbons (Fsp3) is 0.800. The molecular weight excluding hydrogens is 312 g/mol. The molecule has 1 saturated carbocycles. The van der Waals surface area contributed by atoms with Gasteiger partial charge in [-0.3, -0.25) is 0 Å². The molecule has 1 aliphatic carbocycles. The fourth-order valence-electron chi connectivity index (χ4n) is 4.43. The molecule has 2 unspecified atom stereocenters. The highest BCUT2D eigenvalue weighted by Crippen LogP contribution is 2.36. The molecule has 3 rings (SSSR count). The van der Waals surface area contributed by atoms with E-state index in [-0.39, 0.29) is 6.03 Å². The maximum atomic E-state index is 12.6. The van der Waals surface area contributed by atoms with Gasteiger partial charge in [-0.15, -0.1) is 0 Å². The van der Waals surface area contributed by atoms with Crippen molar-refractivity contribution in [3.63, 3.8) is 0 Å². The molecule has 1 aliphatic heterocycles. The minimum absolute atomic E-state index is 0.142. The van der Waals surface area contributed by atoms with Gasteiger partial charge in [0.15, 0.2) is 0 Å². The molecule has 1 aromatic heterocycles. The van der Waals surface area contributed by atoms with Crippen molar-refractivity contribution < 1.29 is 4.79 Å². The van der Waals surface area contributed by atoms with Crippen molar-refractivity contribution in [2.45, 2.75) is 77.8 Å². The van der Waals surface area contributed by atoms with Gasteiger partial charge in [0.2, 0.25) is 0 Å². The van der Waals surface area contributed by atoms with Gasteiger partial charge in [0.05, 0.1) is 6.33 Å². The first-order valence-electron chi connectivity index (χ1n) is 9.96. The molecule has 0 spiro atoms. The Morgan fingerprint density at radius 2 is 1.84 bits per heavy atom. The Balaban J connectivity index is 1.45. The number of urea groups is 1. The number of aromatic nitrogens is 2. The molecule has 1 saturated heterocycles. The van der Waals surface area contributed by atoms with Crippen LogP contribution in [0.3, 0.4) is 0 Å². The van der Waals surface area contributed by atoms with Crippen LogP contribution >= 0.6 is 0 Å². The Kier molecular flexibility index (Phi) is 5.70. The van der Waals surface area contributed by atoms with Crippen LogP contribution in [0, 0.1) is 11.3 Å². The number of carbonyl (C=O) groups is 1. The highest BCUT2D eigenvalue weighted by molar-refractivity contribution is 5.74. The number of likely N-dealkylation sites (tertiary alicyclic amines) is 1. The van der Waals surface area contributed by atoms with Crippen LogP contribution in [0.5, 0.6) is 0 Å². The average molecular weight is 347 g/mol. The molecule has 0 bridgehead atoms. The summed E-state index contributed by atoms with van der Waals surface area (Å²) in [7, 11) is 0. The Bertz CT molecular complexity index is 541. The van der Waals surface area contributed by atoms with Crippen LogP contribution in [0.1, 0.15) is 71.8 Å². The summed E-state index contributed by atoms with van der Waals surface area (Å²) in [5, 5.41) is 3.32. The molecule has 2 amide bonds. The first-order chi connectivity index (χ1) is 11.9. The Morgan fingerprint density at radius 3 is 2.48 bits per heavy atom. The number of nitrogens with one attached hydrogen (secondary N) is 1. The van der Waals surface area contributed by atoms with E-state index < -0.39 is 0 Å². The van der Waals surface area contributed by atoms with Gasteiger partial charge < -0.3 is 14.8 Å². The van der Waals surface area contributed by atoms with E-state index in [9.17, 15) is 4.79 Å². The van der Waals surface area contributed by atoms with Crippen molar-refractivity contribution in [3.8, 4) is 0 Å². The summed E-state index contributed by atoms with van der Waals surface area (Å²) in [6, 6.07) is 0.978. The predicted molar refractivity (Wildman–Crippen MR) is 100 cm³/mol. The molecular formula is C20H34N4O. The summed E-state index contributed by atoms with van der Waals surface area (Å²) in [5.74, 6) is 0.778. The second-order valence-corrected chi connectivity index (χ2v) is 8.95. The van der Waals surface area contributed by atoms with E-state index in [1.807, 2.05) is 23.6 Å². The van der Waals surface area contributed by atoms with Crippen LogP contribution in [0.4, 0.5) is 4.79 Å². The zero-order valence-corrected chi connectivity index (χ0v) is 16.1. The van der Waals surface area contributed by atoms with Crippen LogP contribution in [0.2, 0.25) is 0 Å². The van der Waals surface area contributed by atoms with Crippen LogP contribution in [-0.2, 0) is 0 Å². The van der Waals surface area contributed by atoms with Crippen molar-refractivity contribution in [2.24, 2.45) is 11.3 Å². The summed E-state index contributed by atoms with van der Waals surface area (Å²) < 4.78 is 2.17. The van der Waals surface area contributed by atoms with Gasteiger partial charge in [-0.2, -0.15) is 0 Å². The molecule has 2 atom stereocenters. The largest absolute Gasteiger partial charge is 0.335 e. The molecule has 5 nitrogen and oxygen atoms in total. The summed E-state index contributed by atoms with van der Waals surface area (Å²) in [5.41, 5.74) is 0.383. The van der Waals surface area contributed by atoms with Gasteiger partial charge in [0.1, 0.15) is 0 Å². The van der Waals surface area contributed by atoms with E-state index in [1.165, 1.54) is 19.3 Å². The normalized spacial score (nSPS) is 26.3. The number of piperidine rings is 1. The Labute approximate surface area is 152 Å². The molecule has 25 heavy (non-hydrogen) atoms. The maximum Gasteiger partial charge on any atom is 0.317 e. The van der Waals surface area contributed by atoms with Crippen molar-refractivity contribution in [1.82, 2.24) is 19.8 Å². The third-order valence-electron chi connectivity index (χ3n) is 6.22. The van der Waals surface area contributed by atoms with E-state index in [4.69, 9.17) is 0 Å². The third-order valence-corrected chi connectivity index (χ3v) is 6.22. The Hall–Kier alpha value is -1.52. The number of amides is 2. The van der Waals surface area contributed by atoms with Crippen LogP contribution in [0.25, 0.3) is 0 Å². The van der Waals surface area contributed by atoms with Gasteiger partial charge in [0, 0.05) is 37.6 Å². The lowest BCUT2D eigenvalue weighted by molar-refractivity contribution is 0.166. The standard InChI is InChI=1S/C20H34N4O/c1-20(2,3)16-5-4-6-17(8-7-16)22-19(25)23-12-9-18(10-13-23)24-14-11-21-15-24/h11,14-18H,4-10,12-13H2,1-3H3,(H,22,25). The number of hydrogen-bond acceptors (Lipinski definition) is 2. The molecule has 0 aromatic carbocycles. The topological polar surface area (TPSA) is 50.2 Å². The van der Waals surface area contributed by atoms with E-state index in [2.05, 4.69) is 35.6 Å². The smallest absolute Gasteiger partial charge is 0.317 e. The number of rotatable bonds is 2. The highest BCUT2D eigenvalue weighted by atomic mass is 16.2. The average Bonchev–Trinajstić information content (AvgIpc) is 3.01. The monoisotopic (exact) mass is 346 g/mol. The minimum atomic E-state index is 0.142. The SMILES string of the molecule is CC(C)(C)C1CCCC(NC(=O)N2CCC(n3ccnc3)CC2)CC1. The van der Waals surface area contributed by atoms with Gasteiger partial charge >= 0.3 is 6.03 Å². The summed E-state index contributed by atoms with van der Waals surface area (Å²) in [4.78, 5) is 18.8. The lowest BCUT2D eigenvalue weighted by Crippen LogP contribution is -2.48. The summed E-state index contributed by atoms with van der Waals surface area (Å²) in [6.07, 6.45) is 13.8. The number of hydrogen-bond donors (Lipinski definition) is 1. The van der Waals surface area contributed by atoms with Crippen LogP contribution in [0.15, 0.2) is 18.7 Å². The molecule has 2 fully saturated rings. The Morgan fingerprint density at radius 1 is 1.08 bits per heavy atom. The lowest BCUT2D eigenvalue weighted by Gasteiger charge is -2.33. The van der Waals surface area contributed by atoms with E-state index >= 15 is 0 Å². The minimum Gasteiger partial charge on any atom is -0.335 e. The molecule has 1 aromatic rings. The lowest BCUT2D eigenvalue weighted by atomic mass is 9.76. The number of carbonyl (C=O) groups excluding carboxylic acids is 1. The van der Waals surface area contributed by atoms with Crippen molar-refractivity contribution in [2.75, 3.05) is 13.1 Å². The van der Waals surface area contributed by atoms with E-state index in [0.717, 1.165) is 44.7 Å². The van der Waals surface area contributed by atoms with Crippen molar-refractivity contribution in [3.05, 3.63) is 18.7 Å². The van der Waals surface area contributed by atoms with Gasteiger partial charge in [-0.05, 0) is 49.9 Å². The quantitative estimate of drug-likeness (QED) is 0.815. The second-order valence-electron chi connectivity index (χ2n) is 8.95. The molecule has 2 heterocycles. The summed E-state index contributed by atoms with van der Waals surface area (Å²) in [6.45, 7) is 8.72. The molecule has 1 N–H and O–H groups in total. The first kappa shape index (κ1) is 18.3. The zero-order chi connectivity index (χ0) is 17.9. The predicted octanol–water partition coefficient (Wildman–Crippen LogP) is 4.22. The molecule has 5 heteroatoms. The van der Waals surface area contributed by atoms with Gasteiger partial charge in [-0.1, -0.05) is 27.2 Å². The number of nitrogens with zero attached hydrogens (tertiary/aromatic N) is 3. The van der Waals surface area contributed by atoms with Crippen LogP contribution < -0.4 is 5.32 Å². The first-order valence-corrected chi connectivity index (χ1v) is 9.96. The van der Waals surface area contributed by atoms with E-state index in [1.54, 1.807) is 0 Å². The third kappa shape index (κ3) is 4.77. The van der Waals surface area contributed by atoms with Crippen molar-refractivity contribution >= 4 is 6.03 Å². The van der Waals surface area contributed by atoms with Gasteiger partial charge in [0.25, 0.3) is 0 Å². The molecule has 2 aliphatic rings. The highest BCUT2D eigenvalue weighted by Gasteiger charge is 2.29. The molecule has 140 valence electrons. The summed E-state index contributed by atoms with van der Waals surface area (Å²) >= 11 is 0.